The van der Waals surface area contributed by atoms with E-state index >= 15 is 0 Å². The van der Waals surface area contributed by atoms with Gasteiger partial charge in [0.15, 0.2) is 0 Å². The fraction of sp³-hybridized carbons (Fsp3) is 0.474. The lowest BCUT2D eigenvalue weighted by molar-refractivity contribution is 0.0398. The minimum Gasteiger partial charge on any atom is -0.497 e. The number of aryl methyl sites for hydroxylation is 1. The van der Waals surface area contributed by atoms with E-state index < -0.39 is 0 Å². The van der Waals surface area contributed by atoms with Crippen molar-refractivity contribution in [1.29, 1.82) is 0 Å². The molecule has 1 aliphatic heterocycles. The highest BCUT2D eigenvalue weighted by Crippen LogP contribution is 2.31. The first-order valence-corrected chi connectivity index (χ1v) is 9.06. The van der Waals surface area contributed by atoms with Crippen molar-refractivity contribution < 1.29 is 14.2 Å². The standard InChI is InChI=1S/C19H27N5O3/c1-14-21-18(20-6-7-24-8-10-27-11-9-24)13-19(22-14)23-16-12-15(25-2)4-5-17(16)26-3/h4-5,12-13H,6-11H2,1-3H3,(H2,20,21,22,23). The van der Waals surface area contributed by atoms with Crippen LogP contribution in [-0.2, 0) is 4.74 Å². The van der Waals surface area contributed by atoms with E-state index in [1.807, 2.05) is 31.2 Å². The van der Waals surface area contributed by atoms with Crippen LogP contribution in [0.3, 0.4) is 0 Å². The van der Waals surface area contributed by atoms with Crippen LogP contribution in [0.2, 0.25) is 0 Å². The van der Waals surface area contributed by atoms with Crippen LogP contribution in [0, 0.1) is 6.92 Å². The van der Waals surface area contributed by atoms with E-state index in [-0.39, 0.29) is 0 Å². The van der Waals surface area contributed by atoms with Gasteiger partial charge in [0.05, 0.1) is 33.1 Å². The lowest BCUT2D eigenvalue weighted by atomic mass is 10.2. The van der Waals surface area contributed by atoms with E-state index in [2.05, 4.69) is 25.5 Å². The Morgan fingerprint density at radius 1 is 1.07 bits per heavy atom. The lowest BCUT2D eigenvalue weighted by Crippen LogP contribution is -2.39. The van der Waals surface area contributed by atoms with Crippen LogP contribution in [0.1, 0.15) is 5.82 Å². The molecule has 0 saturated carbocycles. The number of aromatic nitrogens is 2. The van der Waals surface area contributed by atoms with E-state index in [4.69, 9.17) is 14.2 Å². The van der Waals surface area contributed by atoms with Crippen molar-refractivity contribution in [3.05, 3.63) is 30.1 Å². The van der Waals surface area contributed by atoms with Crippen molar-refractivity contribution in [2.45, 2.75) is 6.92 Å². The van der Waals surface area contributed by atoms with Gasteiger partial charge in [-0.25, -0.2) is 9.97 Å². The van der Waals surface area contributed by atoms with E-state index in [9.17, 15) is 0 Å². The molecule has 8 nitrogen and oxygen atoms in total. The normalized spacial score (nSPS) is 14.6. The smallest absolute Gasteiger partial charge is 0.142 e. The van der Waals surface area contributed by atoms with Crippen molar-refractivity contribution in [3.8, 4) is 11.5 Å². The third-order valence-corrected chi connectivity index (χ3v) is 4.35. The van der Waals surface area contributed by atoms with Crippen LogP contribution in [0.5, 0.6) is 11.5 Å². The van der Waals surface area contributed by atoms with Crippen LogP contribution < -0.4 is 20.1 Å². The second kappa shape index (κ2) is 9.38. The molecule has 0 aliphatic carbocycles. The molecule has 0 bridgehead atoms. The molecule has 1 saturated heterocycles. The summed E-state index contributed by atoms with van der Waals surface area (Å²) in [5.74, 6) is 3.64. The molecule has 0 spiro atoms. The average Bonchev–Trinajstić information content (AvgIpc) is 2.68. The number of anilines is 3. The highest BCUT2D eigenvalue weighted by atomic mass is 16.5. The molecule has 0 radical (unpaired) electrons. The van der Waals surface area contributed by atoms with E-state index in [0.717, 1.165) is 56.6 Å². The van der Waals surface area contributed by atoms with Gasteiger partial charge in [0.2, 0.25) is 0 Å². The number of rotatable bonds is 8. The fourth-order valence-corrected chi connectivity index (χ4v) is 2.94. The molecule has 1 aromatic carbocycles. The number of morpholine rings is 1. The van der Waals surface area contributed by atoms with Gasteiger partial charge >= 0.3 is 0 Å². The zero-order chi connectivity index (χ0) is 19.1. The molecule has 2 aromatic rings. The van der Waals surface area contributed by atoms with Gasteiger partial charge in [-0.05, 0) is 19.1 Å². The lowest BCUT2D eigenvalue weighted by Gasteiger charge is -2.26. The summed E-state index contributed by atoms with van der Waals surface area (Å²) in [4.78, 5) is 11.3. The van der Waals surface area contributed by atoms with Crippen LogP contribution >= 0.6 is 0 Å². The molecule has 0 atom stereocenters. The Balaban J connectivity index is 1.66. The van der Waals surface area contributed by atoms with Crippen molar-refractivity contribution in [2.24, 2.45) is 0 Å². The predicted octanol–water partition coefficient (Wildman–Crippen LogP) is 2.29. The van der Waals surface area contributed by atoms with Crippen LogP contribution in [0.4, 0.5) is 17.3 Å². The molecule has 3 rings (SSSR count). The van der Waals surface area contributed by atoms with Gasteiger partial charge < -0.3 is 24.8 Å². The summed E-state index contributed by atoms with van der Waals surface area (Å²) in [5, 5.41) is 6.68. The molecular weight excluding hydrogens is 346 g/mol. The Hall–Kier alpha value is -2.58. The molecule has 2 heterocycles. The summed E-state index contributed by atoms with van der Waals surface area (Å²) in [6, 6.07) is 7.48. The minimum atomic E-state index is 0.690. The third-order valence-electron chi connectivity index (χ3n) is 4.35. The van der Waals surface area contributed by atoms with E-state index in [0.29, 0.717) is 17.4 Å². The second-order valence-corrected chi connectivity index (χ2v) is 6.26. The van der Waals surface area contributed by atoms with Gasteiger partial charge in [-0.2, -0.15) is 0 Å². The maximum absolute atomic E-state index is 5.42. The molecule has 0 unspecified atom stereocenters. The Morgan fingerprint density at radius 2 is 1.85 bits per heavy atom. The quantitative estimate of drug-likeness (QED) is 0.730. The van der Waals surface area contributed by atoms with Gasteiger partial charge in [0, 0.05) is 38.3 Å². The Kier molecular flexibility index (Phi) is 6.67. The van der Waals surface area contributed by atoms with Crippen molar-refractivity contribution in [3.63, 3.8) is 0 Å². The van der Waals surface area contributed by atoms with Gasteiger partial charge in [-0.1, -0.05) is 0 Å². The highest BCUT2D eigenvalue weighted by molar-refractivity contribution is 5.67. The first-order valence-electron chi connectivity index (χ1n) is 9.06. The van der Waals surface area contributed by atoms with Crippen molar-refractivity contribution >= 4 is 17.3 Å². The summed E-state index contributed by atoms with van der Waals surface area (Å²) in [6.07, 6.45) is 0. The molecule has 27 heavy (non-hydrogen) atoms. The average molecular weight is 373 g/mol. The number of benzene rings is 1. The van der Waals surface area contributed by atoms with Gasteiger partial charge in [0.1, 0.15) is 29.0 Å². The molecule has 0 amide bonds. The topological polar surface area (TPSA) is 80.8 Å². The first kappa shape index (κ1) is 19.2. The van der Waals surface area contributed by atoms with Gasteiger partial charge in [-0.3, -0.25) is 4.90 Å². The largest absolute Gasteiger partial charge is 0.497 e. The van der Waals surface area contributed by atoms with Crippen LogP contribution in [-0.4, -0.2) is 68.5 Å². The summed E-state index contributed by atoms with van der Waals surface area (Å²) < 4.78 is 16.1. The van der Waals surface area contributed by atoms with Gasteiger partial charge in [0.25, 0.3) is 0 Å². The van der Waals surface area contributed by atoms with E-state index in [1.165, 1.54) is 0 Å². The number of ether oxygens (including phenoxy) is 3. The summed E-state index contributed by atoms with van der Waals surface area (Å²) in [5.41, 5.74) is 0.786. The second-order valence-electron chi connectivity index (χ2n) is 6.26. The maximum Gasteiger partial charge on any atom is 0.142 e. The summed E-state index contributed by atoms with van der Waals surface area (Å²) in [7, 11) is 3.27. The summed E-state index contributed by atoms with van der Waals surface area (Å²) in [6.45, 7) is 7.23. The molecule has 1 aliphatic rings. The van der Waals surface area contributed by atoms with Crippen LogP contribution in [0.15, 0.2) is 24.3 Å². The van der Waals surface area contributed by atoms with Crippen LogP contribution in [0.25, 0.3) is 0 Å². The monoisotopic (exact) mass is 373 g/mol. The Labute approximate surface area is 159 Å². The predicted molar refractivity (Wildman–Crippen MR) is 105 cm³/mol. The number of methoxy groups -OCH3 is 2. The molecule has 146 valence electrons. The number of hydrogen-bond donors (Lipinski definition) is 2. The molecule has 1 fully saturated rings. The maximum atomic E-state index is 5.42. The van der Waals surface area contributed by atoms with Crippen molar-refractivity contribution in [2.75, 3.05) is 64.2 Å². The highest BCUT2D eigenvalue weighted by Gasteiger charge is 2.11. The minimum absolute atomic E-state index is 0.690. The third kappa shape index (κ3) is 5.45. The number of hydrogen-bond acceptors (Lipinski definition) is 8. The van der Waals surface area contributed by atoms with Crippen molar-refractivity contribution in [1.82, 2.24) is 14.9 Å². The first-order chi connectivity index (χ1) is 13.2. The van der Waals surface area contributed by atoms with E-state index in [1.54, 1.807) is 14.2 Å². The number of nitrogens with zero attached hydrogens (tertiary/aromatic N) is 3. The Morgan fingerprint density at radius 3 is 2.59 bits per heavy atom. The Bertz CT molecular complexity index is 750. The number of nitrogens with one attached hydrogen (secondary N) is 2. The molecular formula is C19H27N5O3. The SMILES string of the molecule is COc1ccc(OC)c(Nc2cc(NCCN3CCOCC3)nc(C)n2)c1. The van der Waals surface area contributed by atoms with Gasteiger partial charge in [-0.15, -0.1) is 0 Å². The molecule has 2 N–H and O–H groups in total. The molecule has 1 aromatic heterocycles. The summed E-state index contributed by atoms with van der Waals surface area (Å²) >= 11 is 0. The molecule has 8 heteroatoms. The zero-order valence-electron chi connectivity index (χ0n) is 16.1. The fourth-order valence-electron chi connectivity index (χ4n) is 2.94. The zero-order valence-corrected chi connectivity index (χ0v) is 16.1.